The molecule has 5 rings (SSSR count). The second-order valence-electron chi connectivity index (χ2n) is 8.66. The average molecular weight is 496 g/mol. The van der Waals surface area contributed by atoms with Crippen LogP contribution < -0.4 is 10.1 Å². The van der Waals surface area contributed by atoms with Gasteiger partial charge in [0.1, 0.15) is 22.8 Å². The number of fused-ring (bicyclic) bond motifs is 1. The van der Waals surface area contributed by atoms with Crippen molar-refractivity contribution in [3.8, 4) is 22.8 Å². The van der Waals surface area contributed by atoms with Gasteiger partial charge in [0, 0.05) is 16.5 Å². The zero-order valence-corrected chi connectivity index (χ0v) is 20.6. The molecule has 0 spiro atoms. The van der Waals surface area contributed by atoms with Crippen LogP contribution in [0.5, 0.6) is 11.5 Å². The Labute approximate surface area is 212 Å². The van der Waals surface area contributed by atoms with Crippen LogP contribution in [0.15, 0.2) is 71.1 Å². The summed E-state index contributed by atoms with van der Waals surface area (Å²) in [5.41, 5.74) is 4.17. The second kappa shape index (κ2) is 9.66. The quantitative estimate of drug-likeness (QED) is 0.237. The molecule has 2 heterocycles. The summed E-state index contributed by atoms with van der Waals surface area (Å²) < 4.78 is 11.3. The van der Waals surface area contributed by atoms with Crippen molar-refractivity contribution in [1.82, 2.24) is 10.2 Å². The van der Waals surface area contributed by atoms with Gasteiger partial charge in [-0.05, 0) is 86.5 Å². The predicted molar refractivity (Wildman–Crippen MR) is 140 cm³/mol. The molecule has 0 radical (unpaired) electrons. The Hall–Kier alpha value is -4.85. The number of H-pyrrole nitrogens is 1. The molecule has 37 heavy (non-hydrogen) atoms. The van der Waals surface area contributed by atoms with Crippen LogP contribution in [-0.2, 0) is 0 Å². The highest BCUT2D eigenvalue weighted by atomic mass is 16.5. The summed E-state index contributed by atoms with van der Waals surface area (Å²) in [5, 5.41) is 20.7. The SMILES string of the molecule is CCOc1ccc(C(=O)c2oc3ccccc3c2NC(=O)c2cc(-c3cc(C)c(C)cc3O)n[nH]2)cc1. The third-order valence-electron chi connectivity index (χ3n) is 6.18. The molecule has 0 bridgehead atoms. The van der Waals surface area contributed by atoms with E-state index in [9.17, 15) is 14.7 Å². The summed E-state index contributed by atoms with van der Waals surface area (Å²) in [6.07, 6.45) is 0. The summed E-state index contributed by atoms with van der Waals surface area (Å²) in [7, 11) is 0. The number of anilines is 1. The van der Waals surface area contributed by atoms with Gasteiger partial charge in [-0.15, -0.1) is 0 Å². The van der Waals surface area contributed by atoms with Crippen molar-refractivity contribution in [2.24, 2.45) is 0 Å². The minimum Gasteiger partial charge on any atom is -0.507 e. The average Bonchev–Trinajstić information content (AvgIpc) is 3.52. The van der Waals surface area contributed by atoms with Crippen LogP contribution in [0.4, 0.5) is 5.69 Å². The molecular formula is C29H25N3O5. The Balaban J connectivity index is 1.47. The maximum atomic E-state index is 13.4. The topological polar surface area (TPSA) is 117 Å². The number of rotatable bonds is 7. The summed E-state index contributed by atoms with van der Waals surface area (Å²) in [6, 6.07) is 18.9. The fourth-order valence-corrected chi connectivity index (χ4v) is 4.09. The minimum atomic E-state index is -0.505. The number of hydrogen-bond acceptors (Lipinski definition) is 6. The molecule has 1 amide bonds. The van der Waals surface area contributed by atoms with E-state index in [2.05, 4.69) is 15.5 Å². The van der Waals surface area contributed by atoms with Crippen LogP contribution in [0.25, 0.3) is 22.2 Å². The number of amides is 1. The number of nitrogens with zero attached hydrogens (tertiary/aromatic N) is 1. The van der Waals surface area contributed by atoms with Crippen molar-refractivity contribution >= 4 is 28.3 Å². The lowest BCUT2D eigenvalue weighted by molar-refractivity contribution is 0.101. The summed E-state index contributed by atoms with van der Waals surface area (Å²) >= 11 is 0. The first-order chi connectivity index (χ1) is 17.9. The Morgan fingerprint density at radius 3 is 2.51 bits per heavy atom. The fourth-order valence-electron chi connectivity index (χ4n) is 4.09. The first-order valence-corrected chi connectivity index (χ1v) is 11.8. The van der Waals surface area contributed by atoms with Crippen LogP contribution in [0.2, 0.25) is 0 Å². The Kier molecular flexibility index (Phi) is 6.23. The number of aryl methyl sites for hydroxylation is 2. The van der Waals surface area contributed by atoms with Crippen molar-refractivity contribution < 1.29 is 23.8 Å². The molecule has 0 fully saturated rings. The number of para-hydroxylation sites is 1. The predicted octanol–water partition coefficient (Wildman–Crippen LogP) is 6.03. The number of carbonyl (C=O) groups is 2. The number of carbonyl (C=O) groups excluding carboxylic acids is 2. The van der Waals surface area contributed by atoms with Crippen LogP contribution in [0, 0.1) is 13.8 Å². The van der Waals surface area contributed by atoms with Crippen molar-refractivity contribution in [3.63, 3.8) is 0 Å². The molecule has 8 heteroatoms. The molecule has 2 aromatic heterocycles. The maximum absolute atomic E-state index is 13.4. The zero-order chi connectivity index (χ0) is 26.1. The molecule has 3 N–H and O–H groups in total. The number of benzene rings is 3. The normalized spacial score (nSPS) is 11.0. The van der Waals surface area contributed by atoms with Gasteiger partial charge in [0.25, 0.3) is 5.91 Å². The van der Waals surface area contributed by atoms with E-state index in [1.165, 1.54) is 0 Å². The van der Waals surface area contributed by atoms with Gasteiger partial charge in [-0.2, -0.15) is 5.10 Å². The van der Waals surface area contributed by atoms with Crippen LogP contribution in [0.3, 0.4) is 0 Å². The molecule has 0 unspecified atom stereocenters. The number of aromatic amines is 1. The number of aromatic nitrogens is 2. The van der Waals surface area contributed by atoms with Gasteiger partial charge in [-0.3, -0.25) is 14.7 Å². The highest BCUT2D eigenvalue weighted by molar-refractivity contribution is 6.18. The van der Waals surface area contributed by atoms with Crippen LogP contribution in [-0.4, -0.2) is 33.6 Å². The number of furan rings is 1. The molecule has 0 aliphatic heterocycles. The number of aromatic hydroxyl groups is 1. The number of phenols is 1. The Morgan fingerprint density at radius 2 is 1.76 bits per heavy atom. The van der Waals surface area contributed by atoms with E-state index in [0.717, 1.165) is 11.1 Å². The summed E-state index contributed by atoms with van der Waals surface area (Å²) in [4.78, 5) is 26.6. The third kappa shape index (κ3) is 4.56. The fraction of sp³-hybridized carbons (Fsp3) is 0.138. The molecular weight excluding hydrogens is 470 g/mol. The molecule has 0 saturated heterocycles. The molecule has 8 nitrogen and oxygen atoms in total. The monoisotopic (exact) mass is 495 g/mol. The number of phenolic OH excluding ortho intramolecular Hbond substituents is 1. The lowest BCUT2D eigenvalue weighted by atomic mass is 10.0. The highest BCUT2D eigenvalue weighted by Crippen LogP contribution is 2.34. The minimum absolute atomic E-state index is 0.0188. The van der Waals surface area contributed by atoms with E-state index in [-0.39, 0.29) is 28.7 Å². The number of hydrogen-bond donors (Lipinski definition) is 3. The van der Waals surface area contributed by atoms with Gasteiger partial charge in [-0.25, -0.2) is 0 Å². The molecule has 0 atom stereocenters. The van der Waals surface area contributed by atoms with Gasteiger partial charge < -0.3 is 19.6 Å². The lowest BCUT2D eigenvalue weighted by Gasteiger charge is -2.06. The van der Waals surface area contributed by atoms with E-state index in [1.807, 2.05) is 26.8 Å². The first-order valence-electron chi connectivity index (χ1n) is 11.8. The largest absolute Gasteiger partial charge is 0.507 e. The van der Waals surface area contributed by atoms with Gasteiger partial charge >= 0.3 is 0 Å². The van der Waals surface area contributed by atoms with Gasteiger partial charge in [0.05, 0.1) is 18.0 Å². The van der Waals surface area contributed by atoms with E-state index in [1.54, 1.807) is 60.7 Å². The van der Waals surface area contributed by atoms with Crippen LogP contribution in [0.1, 0.15) is 44.7 Å². The van der Waals surface area contributed by atoms with E-state index in [4.69, 9.17) is 9.15 Å². The third-order valence-corrected chi connectivity index (χ3v) is 6.18. The second-order valence-corrected chi connectivity index (χ2v) is 8.66. The van der Waals surface area contributed by atoms with E-state index >= 15 is 0 Å². The van der Waals surface area contributed by atoms with Gasteiger partial charge in [-0.1, -0.05) is 12.1 Å². The van der Waals surface area contributed by atoms with Crippen molar-refractivity contribution in [3.05, 3.63) is 94.9 Å². The van der Waals surface area contributed by atoms with E-state index in [0.29, 0.717) is 40.1 Å². The lowest BCUT2D eigenvalue weighted by Crippen LogP contribution is -2.14. The zero-order valence-electron chi connectivity index (χ0n) is 20.6. The first kappa shape index (κ1) is 23.9. The molecule has 186 valence electrons. The van der Waals surface area contributed by atoms with Crippen molar-refractivity contribution in [2.75, 3.05) is 11.9 Å². The smallest absolute Gasteiger partial charge is 0.273 e. The number of nitrogens with one attached hydrogen (secondary N) is 2. The summed E-state index contributed by atoms with van der Waals surface area (Å²) in [6.45, 7) is 6.25. The highest BCUT2D eigenvalue weighted by Gasteiger charge is 2.25. The molecule has 0 saturated carbocycles. The standard InChI is InChI=1S/C29H25N3O5/c1-4-36-19-11-9-18(10-12-19)27(34)28-26(20-7-5-6-8-25(20)37-28)30-29(35)23-15-22(31-32-23)21-13-16(2)17(3)14-24(21)33/h5-15,33H,4H2,1-3H3,(H,30,35)(H,31,32). The number of ether oxygens (including phenoxy) is 1. The molecule has 3 aromatic carbocycles. The molecule has 0 aliphatic carbocycles. The number of ketones is 1. The molecule has 5 aromatic rings. The summed E-state index contributed by atoms with van der Waals surface area (Å²) in [5.74, 6) is -0.132. The van der Waals surface area contributed by atoms with Crippen molar-refractivity contribution in [1.29, 1.82) is 0 Å². The Bertz CT molecular complexity index is 1630. The Morgan fingerprint density at radius 1 is 1.03 bits per heavy atom. The van der Waals surface area contributed by atoms with Crippen LogP contribution >= 0.6 is 0 Å². The van der Waals surface area contributed by atoms with Gasteiger partial charge in [0.2, 0.25) is 5.78 Å². The maximum Gasteiger partial charge on any atom is 0.273 e. The van der Waals surface area contributed by atoms with E-state index < -0.39 is 5.91 Å². The van der Waals surface area contributed by atoms with Gasteiger partial charge in [0.15, 0.2) is 5.76 Å². The molecule has 0 aliphatic rings. The van der Waals surface area contributed by atoms with Crippen molar-refractivity contribution in [2.45, 2.75) is 20.8 Å².